The summed E-state index contributed by atoms with van der Waals surface area (Å²) in [5.74, 6) is -2.89. The number of imidazole rings is 1. The molecule has 0 radical (unpaired) electrons. The van der Waals surface area contributed by atoms with E-state index in [1.807, 2.05) is 0 Å². The van der Waals surface area contributed by atoms with Gasteiger partial charge in [-0.2, -0.15) is 16.8 Å². The first kappa shape index (κ1) is 18.2. The summed E-state index contributed by atoms with van der Waals surface area (Å²) in [5.41, 5.74) is 0. The van der Waals surface area contributed by atoms with Gasteiger partial charge in [-0.3, -0.25) is 0 Å². The lowest BCUT2D eigenvalue weighted by Gasteiger charge is -2.39. The highest BCUT2D eigenvalue weighted by molar-refractivity contribution is 7.85. The summed E-state index contributed by atoms with van der Waals surface area (Å²) in [7, 11) is -8.39. The van der Waals surface area contributed by atoms with Crippen LogP contribution in [0.15, 0.2) is 18.7 Å². The molecule has 0 amide bonds. The highest BCUT2D eigenvalue weighted by atomic mass is 32.3. The van der Waals surface area contributed by atoms with Crippen LogP contribution in [0.1, 0.15) is 13.8 Å². The molecular weight excluding hydrogens is 396 g/mol. The monoisotopic (exact) mass is 412 g/mol. The Morgan fingerprint density at radius 1 is 1.35 bits per heavy atom. The molecule has 4 heterocycles. The minimum Gasteiger partial charge on any atom is -0.343 e. The highest BCUT2D eigenvalue weighted by Gasteiger charge is 2.66. The van der Waals surface area contributed by atoms with Gasteiger partial charge >= 0.3 is 20.7 Å². The van der Waals surface area contributed by atoms with Crippen LogP contribution < -0.4 is 0 Å². The van der Waals surface area contributed by atoms with Gasteiger partial charge in [-0.1, -0.05) is 0 Å². The quantitative estimate of drug-likeness (QED) is 0.595. The van der Waals surface area contributed by atoms with Gasteiger partial charge in [-0.25, -0.2) is 21.5 Å². The predicted molar refractivity (Wildman–Crippen MR) is 79.9 cm³/mol. The number of aromatic nitrogens is 2. The van der Waals surface area contributed by atoms with E-state index in [0.717, 1.165) is 10.3 Å². The average Bonchev–Trinajstić information content (AvgIpc) is 3.20. The van der Waals surface area contributed by atoms with E-state index in [9.17, 15) is 16.8 Å². The Labute approximate surface area is 149 Å². The summed E-state index contributed by atoms with van der Waals surface area (Å²) in [6.45, 7) is 2.34. The summed E-state index contributed by atoms with van der Waals surface area (Å²) in [4.78, 5) is 3.64. The van der Waals surface area contributed by atoms with Crippen LogP contribution in [0.3, 0.4) is 0 Å². The molecule has 0 unspecified atom stereocenters. The van der Waals surface area contributed by atoms with Gasteiger partial charge in [0.05, 0.1) is 6.61 Å². The van der Waals surface area contributed by atoms with Crippen LogP contribution in [0.2, 0.25) is 0 Å². The Morgan fingerprint density at radius 2 is 2.12 bits per heavy atom. The smallest absolute Gasteiger partial charge is 0.343 e. The van der Waals surface area contributed by atoms with E-state index in [2.05, 4.69) is 4.98 Å². The molecule has 3 aliphatic rings. The fourth-order valence-corrected chi connectivity index (χ4v) is 4.91. The second kappa shape index (κ2) is 5.68. The molecule has 0 bridgehead atoms. The first-order chi connectivity index (χ1) is 12.0. The topological polar surface area (TPSA) is 141 Å². The SMILES string of the molecule is CC1(C)O[C@H]2[C@@H]3OS(=O)(=O)O[C@@H]3CO[C@@]2(COS(=O)(=O)n2ccnc2)O1. The molecule has 3 fully saturated rings. The zero-order valence-corrected chi connectivity index (χ0v) is 15.3. The van der Waals surface area contributed by atoms with Gasteiger partial charge in [0.2, 0.25) is 5.79 Å². The molecular formula is C12H16N2O10S2. The highest BCUT2D eigenvalue weighted by Crippen LogP contribution is 2.46. The van der Waals surface area contributed by atoms with E-state index in [0.29, 0.717) is 0 Å². The third-order valence-corrected chi connectivity index (χ3v) is 6.13. The Kier molecular flexibility index (Phi) is 3.99. The molecule has 1 aromatic rings. The molecule has 26 heavy (non-hydrogen) atoms. The average molecular weight is 412 g/mol. The lowest BCUT2D eigenvalue weighted by molar-refractivity contribution is -0.290. The summed E-state index contributed by atoms with van der Waals surface area (Å²) in [5, 5.41) is 0. The first-order valence-corrected chi connectivity index (χ1v) is 10.2. The fraction of sp³-hybridized carbons (Fsp3) is 0.750. The van der Waals surface area contributed by atoms with Gasteiger partial charge in [-0.05, 0) is 13.8 Å². The van der Waals surface area contributed by atoms with Gasteiger partial charge < -0.3 is 14.2 Å². The number of rotatable bonds is 4. The summed E-state index contributed by atoms with van der Waals surface area (Å²) in [6.07, 6.45) is 0.441. The molecule has 0 N–H and O–H groups in total. The summed E-state index contributed by atoms with van der Waals surface area (Å²) in [6, 6.07) is 0. The second-order valence-corrected chi connectivity index (χ2v) is 9.09. The van der Waals surface area contributed by atoms with Crippen molar-refractivity contribution >= 4 is 20.7 Å². The van der Waals surface area contributed by atoms with Crippen molar-refractivity contribution in [3.05, 3.63) is 18.7 Å². The van der Waals surface area contributed by atoms with Crippen molar-refractivity contribution in [3.8, 4) is 0 Å². The third-order valence-electron chi connectivity index (χ3n) is 4.04. The largest absolute Gasteiger partial charge is 0.400 e. The number of hydrogen-bond acceptors (Lipinski definition) is 11. The number of hydrogen-bond donors (Lipinski definition) is 0. The fourth-order valence-electron chi connectivity index (χ4n) is 3.09. The van der Waals surface area contributed by atoms with Gasteiger partial charge in [0.25, 0.3) is 0 Å². The molecule has 0 aromatic carbocycles. The molecule has 4 rings (SSSR count). The predicted octanol–water partition coefficient (Wildman–Crippen LogP) is -1.10. The summed E-state index contributed by atoms with van der Waals surface area (Å²) >= 11 is 0. The maximum Gasteiger partial charge on any atom is 0.400 e. The van der Waals surface area contributed by atoms with Crippen molar-refractivity contribution in [2.45, 2.75) is 43.7 Å². The van der Waals surface area contributed by atoms with Crippen LogP contribution >= 0.6 is 0 Å². The first-order valence-electron chi connectivity index (χ1n) is 7.53. The van der Waals surface area contributed by atoms with E-state index in [4.69, 9.17) is 26.8 Å². The summed E-state index contributed by atoms with van der Waals surface area (Å²) < 4.78 is 80.2. The molecule has 0 spiro atoms. The van der Waals surface area contributed by atoms with Gasteiger partial charge in [0.1, 0.15) is 31.2 Å². The third kappa shape index (κ3) is 3.05. The van der Waals surface area contributed by atoms with E-state index in [1.54, 1.807) is 13.8 Å². The zero-order valence-electron chi connectivity index (χ0n) is 13.7. The van der Waals surface area contributed by atoms with Crippen LogP contribution in [-0.2, 0) is 47.5 Å². The van der Waals surface area contributed by atoms with E-state index < -0.39 is 57.2 Å². The Bertz CT molecular complexity index is 896. The van der Waals surface area contributed by atoms with Crippen molar-refractivity contribution in [2.24, 2.45) is 0 Å². The Balaban J connectivity index is 1.61. The molecule has 14 heteroatoms. The lowest BCUT2D eigenvalue weighted by Crippen LogP contribution is -2.60. The molecule has 4 atom stereocenters. The normalized spacial score (nSPS) is 38.0. The van der Waals surface area contributed by atoms with Crippen LogP contribution in [0.25, 0.3) is 0 Å². The van der Waals surface area contributed by atoms with Gasteiger partial charge in [-0.15, -0.1) is 0 Å². The Morgan fingerprint density at radius 3 is 2.81 bits per heavy atom. The van der Waals surface area contributed by atoms with Crippen molar-refractivity contribution < 1.29 is 43.6 Å². The van der Waals surface area contributed by atoms with Crippen LogP contribution in [0.4, 0.5) is 0 Å². The van der Waals surface area contributed by atoms with Gasteiger partial charge in [0, 0.05) is 12.4 Å². The Hall–Kier alpha value is -1.13. The zero-order chi connectivity index (χ0) is 18.8. The van der Waals surface area contributed by atoms with Crippen molar-refractivity contribution in [2.75, 3.05) is 13.2 Å². The number of fused-ring (bicyclic) bond motifs is 3. The van der Waals surface area contributed by atoms with Crippen LogP contribution in [-0.4, -0.2) is 68.9 Å². The van der Waals surface area contributed by atoms with Crippen molar-refractivity contribution in [1.29, 1.82) is 0 Å². The molecule has 146 valence electrons. The van der Waals surface area contributed by atoms with Crippen LogP contribution in [0.5, 0.6) is 0 Å². The molecule has 3 aliphatic heterocycles. The molecule has 12 nitrogen and oxygen atoms in total. The maximum atomic E-state index is 12.2. The second-order valence-electron chi connectivity index (χ2n) is 6.38. The van der Waals surface area contributed by atoms with Gasteiger partial charge in [0.15, 0.2) is 5.79 Å². The molecule has 1 aromatic heterocycles. The lowest BCUT2D eigenvalue weighted by atomic mass is 9.98. The number of nitrogens with zero attached hydrogens (tertiary/aromatic N) is 2. The number of ether oxygens (including phenoxy) is 3. The van der Waals surface area contributed by atoms with E-state index in [1.165, 1.54) is 12.4 Å². The minimum atomic E-state index is -4.20. The van der Waals surface area contributed by atoms with E-state index >= 15 is 0 Å². The maximum absolute atomic E-state index is 12.2. The minimum absolute atomic E-state index is 0.214. The standard InChI is InChI=1S/C12H16N2O10S2/c1-11(2)21-10-9-8(22-26(17,18)23-9)5-19-12(10,24-11)6-20-25(15,16)14-4-3-13-7-14/h3-4,7-10H,5-6H2,1-2H3/t8-,9-,10+,12+/m1/s1. The molecule has 0 aliphatic carbocycles. The van der Waals surface area contributed by atoms with Crippen molar-refractivity contribution in [3.63, 3.8) is 0 Å². The van der Waals surface area contributed by atoms with E-state index in [-0.39, 0.29) is 6.61 Å². The molecule has 0 saturated carbocycles. The van der Waals surface area contributed by atoms with Crippen molar-refractivity contribution in [1.82, 2.24) is 8.96 Å². The van der Waals surface area contributed by atoms with Crippen LogP contribution in [0, 0.1) is 0 Å². The molecule has 3 saturated heterocycles.